The van der Waals surface area contributed by atoms with Gasteiger partial charge in [-0.3, -0.25) is 15.8 Å². The van der Waals surface area contributed by atoms with E-state index in [-0.39, 0.29) is 12.3 Å². The van der Waals surface area contributed by atoms with E-state index >= 15 is 0 Å². The Kier molecular flexibility index (Phi) is 33.3. The fourth-order valence-corrected chi connectivity index (χ4v) is 4.55. The highest BCUT2D eigenvalue weighted by atomic mass is 16.7. The maximum absolute atomic E-state index is 10.4. The van der Waals surface area contributed by atoms with Crippen molar-refractivity contribution < 1.29 is 10.1 Å². The highest BCUT2D eigenvalue weighted by Crippen LogP contribution is 2.50. The Morgan fingerprint density at radius 2 is 1.11 bits per heavy atom. The minimum absolute atomic E-state index is 0. The number of hydrogen-bond acceptors (Lipinski definition) is 5. The topological polar surface area (TPSA) is 98.5 Å². The van der Waals surface area contributed by atoms with Gasteiger partial charge in [0, 0.05) is 24.7 Å². The van der Waals surface area contributed by atoms with Crippen molar-refractivity contribution in [1.82, 2.24) is 5.64 Å². The highest BCUT2D eigenvalue weighted by molar-refractivity contribution is 4.90. The molecule has 4 unspecified atom stereocenters. The lowest BCUT2D eigenvalue weighted by atomic mass is 9.59. The third-order valence-electron chi connectivity index (χ3n) is 8.09. The van der Waals surface area contributed by atoms with Gasteiger partial charge < -0.3 is 10.4 Å². The second kappa shape index (κ2) is 26.3. The van der Waals surface area contributed by atoms with Crippen LogP contribution >= 0.6 is 0 Å². The van der Waals surface area contributed by atoms with Crippen LogP contribution in [0.1, 0.15) is 168 Å². The van der Waals surface area contributed by atoms with Crippen molar-refractivity contribution in [2.45, 2.75) is 173 Å². The van der Waals surface area contributed by atoms with Gasteiger partial charge in [0.25, 0.3) is 0 Å². The first-order valence-corrected chi connectivity index (χ1v) is 13.9. The van der Waals surface area contributed by atoms with E-state index in [1.807, 2.05) is 13.8 Å². The van der Waals surface area contributed by atoms with Gasteiger partial charge in [0.1, 0.15) is 0 Å². The Bertz CT molecular complexity index is 432. The zero-order valence-electron chi connectivity index (χ0n) is 25.2. The van der Waals surface area contributed by atoms with E-state index < -0.39 is 5.54 Å². The maximum atomic E-state index is 10.4. The van der Waals surface area contributed by atoms with Crippen molar-refractivity contribution in [1.29, 1.82) is 0 Å². The van der Waals surface area contributed by atoms with Crippen LogP contribution in [-0.4, -0.2) is 15.7 Å². The molecule has 2 N–H and O–H groups in total. The first-order valence-electron chi connectivity index (χ1n) is 13.9. The first kappa shape index (κ1) is 44.3. The summed E-state index contributed by atoms with van der Waals surface area (Å²) in [6.45, 7) is 26.7. The van der Waals surface area contributed by atoms with Crippen molar-refractivity contribution >= 4 is 0 Å². The summed E-state index contributed by atoms with van der Waals surface area (Å²) in [5.41, 5.74) is 0.910. The smallest absolute Gasteiger partial charge is 0.219 e. The Labute approximate surface area is 221 Å². The fourth-order valence-electron chi connectivity index (χ4n) is 4.55. The number of nitro groups is 1. The van der Waals surface area contributed by atoms with Crippen molar-refractivity contribution in [3.63, 3.8) is 0 Å². The average Bonchev–Trinajstić information content (AvgIpc) is 2.80. The molecule has 0 aromatic rings. The van der Waals surface area contributed by atoms with Gasteiger partial charge in [-0.1, -0.05) is 129 Å². The van der Waals surface area contributed by atoms with Crippen LogP contribution in [0.3, 0.4) is 0 Å². The molecule has 0 radical (unpaired) electrons. The Morgan fingerprint density at radius 3 is 1.23 bits per heavy atom. The summed E-state index contributed by atoms with van der Waals surface area (Å²) < 4.78 is 0. The molecule has 0 spiro atoms. The minimum atomic E-state index is -0.686. The Balaban J connectivity index is -0.000000126. The van der Waals surface area contributed by atoms with Gasteiger partial charge in [-0.25, -0.2) is 0 Å². The Morgan fingerprint density at radius 1 is 0.771 bits per heavy atom. The van der Waals surface area contributed by atoms with E-state index in [0.29, 0.717) is 29.3 Å². The van der Waals surface area contributed by atoms with Gasteiger partial charge in [-0.05, 0) is 36.0 Å². The predicted molar refractivity (Wildman–Crippen MR) is 157 cm³/mol. The van der Waals surface area contributed by atoms with E-state index in [0.717, 1.165) is 12.3 Å². The summed E-state index contributed by atoms with van der Waals surface area (Å²) in [7, 11) is 0. The summed E-state index contributed by atoms with van der Waals surface area (Å²) in [6.07, 6.45) is 14.3. The molecule has 35 heavy (non-hydrogen) atoms. The molecule has 0 rings (SSSR count). The van der Waals surface area contributed by atoms with Crippen molar-refractivity contribution in [2.75, 3.05) is 0 Å². The van der Waals surface area contributed by atoms with Crippen LogP contribution in [0.2, 0.25) is 0 Å². The van der Waals surface area contributed by atoms with Gasteiger partial charge in [-0.2, -0.15) is 0 Å². The molecule has 0 saturated carbocycles. The van der Waals surface area contributed by atoms with E-state index in [9.17, 15) is 10.1 Å². The third kappa shape index (κ3) is 20.1. The summed E-state index contributed by atoms with van der Waals surface area (Å²) in [4.78, 5) is 10.3. The molecule has 0 saturated heterocycles. The molecule has 6 nitrogen and oxygen atoms in total. The molecule has 0 heterocycles. The van der Waals surface area contributed by atoms with Gasteiger partial charge >= 0.3 is 0 Å². The maximum Gasteiger partial charge on any atom is 0.219 e. The quantitative estimate of drug-likeness (QED) is 0.180. The van der Waals surface area contributed by atoms with Gasteiger partial charge in [-0.15, -0.1) is 0 Å². The summed E-state index contributed by atoms with van der Waals surface area (Å²) in [6, 6.07) is 0. The molecule has 0 aromatic heterocycles. The van der Waals surface area contributed by atoms with Crippen LogP contribution in [0.25, 0.3) is 0 Å². The van der Waals surface area contributed by atoms with Crippen LogP contribution in [0.4, 0.5) is 0 Å². The third-order valence-corrected chi connectivity index (χ3v) is 8.09. The molecule has 6 heteroatoms. The number of nitrogens with zero attached hydrogens (tertiary/aromatic N) is 1. The second-order valence-electron chi connectivity index (χ2n) is 10.6. The zero-order chi connectivity index (χ0) is 27.8. The molecule has 0 aromatic carbocycles. The second-order valence-corrected chi connectivity index (χ2v) is 10.6. The molecule has 0 aliphatic rings. The Hall–Kier alpha value is -0.720. The normalized spacial score (nSPS) is 16.1. The van der Waals surface area contributed by atoms with Crippen molar-refractivity contribution in [3.8, 4) is 0 Å². The van der Waals surface area contributed by atoms with Crippen LogP contribution in [0.5, 0.6) is 0 Å². The molecule has 0 aliphatic carbocycles. The SMILES string of the molecule is C.CCCC(C)(CC)C(C)(CC)CCC.CCCC(C)(CC)[N+](=O)[O-].CCCC(C)CC.[O-]NO. The molecule has 218 valence electrons. The lowest BCUT2D eigenvalue weighted by Crippen LogP contribution is -2.36. The van der Waals surface area contributed by atoms with Gasteiger partial charge in [0.2, 0.25) is 5.54 Å². The van der Waals surface area contributed by atoms with Crippen molar-refractivity contribution in [3.05, 3.63) is 15.3 Å². The number of nitrogens with one attached hydrogen (secondary N) is 1. The van der Waals surface area contributed by atoms with Crippen LogP contribution < -0.4 is 5.64 Å². The lowest BCUT2D eigenvalue weighted by Gasteiger charge is -2.46. The monoisotopic (exact) mass is 508 g/mol. The van der Waals surface area contributed by atoms with Crippen LogP contribution in [-0.2, 0) is 0 Å². The fraction of sp³-hybridized carbons (Fsp3) is 1.00. The number of rotatable bonds is 14. The summed E-state index contributed by atoms with van der Waals surface area (Å²) in [5.74, 6) is 0.949. The summed E-state index contributed by atoms with van der Waals surface area (Å²) in [5, 5.41) is 25.4. The minimum Gasteiger partial charge on any atom is -0.765 e. The molecular formula is C29H67N2O4-. The van der Waals surface area contributed by atoms with Crippen LogP contribution in [0, 0.1) is 32.1 Å². The largest absolute Gasteiger partial charge is 0.765 e. The standard InChI is InChI=1S/C14H30.C7H15NO2.C7H16.CH4.H2NO2/c1-7-11-13(5,9-3)14(6,10-4)12-8-2;1-4-6-7(3,5-2)8(9)10;1-4-6-7(3)5-2;;2-1-3/h7-12H2,1-6H3;4-6H2,1-3H3;7H,4-6H2,1-3H3;1H4;1-2H/q;;;;-1. The highest BCUT2D eigenvalue weighted by Gasteiger charge is 2.40. The summed E-state index contributed by atoms with van der Waals surface area (Å²) >= 11 is 0. The molecule has 0 bridgehead atoms. The molecular weight excluding hydrogens is 440 g/mol. The molecule has 0 amide bonds. The number of hydrogen-bond donors (Lipinski definition) is 2. The van der Waals surface area contributed by atoms with E-state index in [2.05, 4.69) is 62.3 Å². The van der Waals surface area contributed by atoms with Gasteiger partial charge in [0.15, 0.2) is 0 Å². The molecule has 4 atom stereocenters. The van der Waals surface area contributed by atoms with Gasteiger partial charge in [0.05, 0.1) is 0 Å². The van der Waals surface area contributed by atoms with E-state index in [4.69, 9.17) is 10.4 Å². The molecule has 0 fully saturated rings. The predicted octanol–water partition coefficient (Wildman–Crippen LogP) is 10.6. The van der Waals surface area contributed by atoms with E-state index in [1.165, 1.54) is 57.8 Å². The zero-order valence-corrected chi connectivity index (χ0v) is 25.2. The van der Waals surface area contributed by atoms with Crippen molar-refractivity contribution in [2.24, 2.45) is 16.7 Å². The first-order chi connectivity index (χ1) is 15.8. The molecule has 0 aliphatic heterocycles. The average molecular weight is 508 g/mol. The van der Waals surface area contributed by atoms with E-state index in [1.54, 1.807) is 6.92 Å². The van der Waals surface area contributed by atoms with Crippen LogP contribution in [0.15, 0.2) is 0 Å². The lowest BCUT2D eigenvalue weighted by molar-refractivity contribution is -0.567.